The standard InChI is InChI=1S/C18H17N3O3S/c1-11-7-8-12(17(22)24-2)9-14(11)21-18(23)19-10-16-20-13-5-3-4-6-15(13)25-16/h3-9H,10H2,1-2H3,(H2,19,21,23). The summed E-state index contributed by atoms with van der Waals surface area (Å²) in [5.74, 6) is -0.446. The molecule has 0 unspecified atom stereocenters. The number of para-hydroxylation sites is 1. The first-order chi connectivity index (χ1) is 12.1. The van der Waals surface area contributed by atoms with Crippen molar-refractivity contribution in [2.75, 3.05) is 12.4 Å². The predicted molar refractivity (Wildman–Crippen MR) is 98.0 cm³/mol. The van der Waals surface area contributed by atoms with E-state index in [-0.39, 0.29) is 6.03 Å². The van der Waals surface area contributed by atoms with Crippen LogP contribution in [0.1, 0.15) is 20.9 Å². The third-order valence-electron chi connectivity index (χ3n) is 3.65. The van der Waals surface area contributed by atoms with Gasteiger partial charge >= 0.3 is 12.0 Å². The number of amides is 2. The van der Waals surface area contributed by atoms with E-state index in [4.69, 9.17) is 4.74 Å². The molecule has 3 rings (SSSR count). The number of aromatic nitrogens is 1. The lowest BCUT2D eigenvalue weighted by atomic mass is 10.1. The molecule has 25 heavy (non-hydrogen) atoms. The second kappa shape index (κ2) is 7.31. The zero-order chi connectivity index (χ0) is 17.8. The summed E-state index contributed by atoms with van der Waals surface area (Å²) in [6.07, 6.45) is 0. The van der Waals surface area contributed by atoms with Crippen LogP contribution in [0.4, 0.5) is 10.5 Å². The van der Waals surface area contributed by atoms with Gasteiger partial charge in [-0.1, -0.05) is 18.2 Å². The Morgan fingerprint density at radius 2 is 2.00 bits per heavy atom. The Morgan fingerprint density at radius 1 is 1.20 bits per heavy atom. The van der Waals surface area contributed by atoms with Gasteiger partial charge in [0.2, 0.25) is 0 Å². The molecular formula is C18H17N3O3S. The van der Waals surface area contributed by atoms with Gasteiger partial charge in [-0.15, -0.1) is 11.3 Å². The Hall–Kier alpha value is -2.93. The van der Waals surface area contributed by atoms with Gasteiger partial charge in [-0.05, 0) is 36.8 Å². The van der Waals surface area contributed by atoms with Gasteiger partial charge in [0.25, 0.3) is 0 Å². The number of urea groups is 1. The molecule has 0 aliphatic rings. The SMILES string of the molecule is COC(=O)c1ccc(C)c(NC(=O)NCc2nc3ccccc3s2)c1. The van der Waals surface area contributed by atoms with Crippen LogP contribution in [0, 0.1) is 6.92 Å². The highest BCUT2D eigenvalue weighted by Gasteiger charge is 2.11. The lowest BCUT2D eigenvalue weighted by molar-refractivity contribution is 0.0600. The molecule has 0 spiro atoms. The Labute approximate surface area is 148 Å². The highest BCUT2D eigenvalue weighted by Crippen LogP contribution is 2.21. The lowest BCUT2D eigenvalue weighted by Crippen LogP contribution is -2.28. The van der Waals surface area contributed by atoms with E-state index in [0.29, 0.717) is 17.8 Å². The molecule has 0 bridgehead atoms. The molecule has 0 saturated heterocycles. The highest BCUT2D eigenvalue weighted by atomic mass is 32.1. The van der Waals surface area contributed by atoms with E-state index >= 15 is 0 Å². The van der Waals surface area contributed by atoms with Gasteiger partial charge in [-0.2, -0.15) is 0 Å². The van der Waals surface area contributed by atoms with Gasteiger partial charge in [0.1, 0.15) is 5.01 Å². The number of hydrogen-bond donors (Lipinski definition) is 2. The van der Waals surface area contributed by atoms with Gasteiger partial charge in [0.15, 0.2) is 0 Å². The number of nitrogens with zero attached hydrogens (tertiary/aromatic N) is 1. The number of benzene rings is 2. The topological polar surface area (TPSA) is 80.3 Å². The third-order valence-corrected chi connectivity index (χ3v) is 4.68. The van der Waals surface area contributed by atoms with Crippen molar-refractivity contribution < 1.29 is 14.3 Å². The van der Waals surface area contributed by atoms with Gasteiger partial charge < -0.3 is 15.4 Å². The van der Waals surface area contributed by atoms with Crippen LogP contribution in [0.2, 0.25) is 0 Å². The molecule has 2 amide bonds. The summed E-state index contributed by atoms with van der Waals surface area (Å²) in [4.78, 5) is 28.2. The average Bonchev–Trinajstić information content (AvgIpc) is 3.04. The van der Waals surface area contributed by atoms with Crippen LogP contribution < -0.4 is 10.6 Å². The Balaban J connectivity index is 1.65. The Bertz CT molecular complexity index is 903. The molecule has 2 aromatic carbocycles. The van der Waals surface area contributed by atoms with Crippen LogP contribution in [-0.2, 0) is 11.3 Å². The molecule has 2 N–H and O–H groups in total. The summed E-state index contributed by atoms with van der Waals surface area (Å²) in [6.45, 7) is 2.19. The van der Waals surface area contributed by atoms with Crippen molar-refractivity contribution in [3.8, 4) is 0 Å². The van der Waals surface area contributed by atoms with Crippen LogP contribution in [-0.4, -0.2) is 24.1 Å². The number of carbonyl (C=O) groups is 2. The molecule has 0 saturated carbocycles. The fraction of sp³-hybridized carbons (Fsp3) is 0.167. The normalized spacial score (nSPS) is 10.5. The Morgan fingerprint density at radius 3 is 2.76 bits per heavy atom. The maximum absolute atomic E-state index is 12.1. The number of methoxy groups -OCH3 is 1. The van der Waals surface area contributed by atoms with Crippen LogP contribution in [0.5, 0.6) is 0 Å². The molecule has 1 aromatic heterocycles. The molecule has 3 aromatic rings. The molecule has 0 radical (unpaired) electrons. The third kappa shape index (κ3) is 3.95. The van der Waals surface area contributed by atoms with Gasteiger partial charge in [0.05, 0.1) is 29.4 Å². The fourth-order valence-corrected chi connectivity index (χ4v) is 3.23. The van der Waals surface area contributed by atoms with Crippen LogP contribution in [0.3, 0.4) is 0 Å². The van der Waals surface area contributed by atoms with E-state index in [1.54, 1.807) is 29.5 Å². The molecular weight excluding hydrogens is 338 g/mol. The van der Waals surface area contributed by atoms with E-state index in [9.17, 15) is 9.59 Å². The first-order valence-corrected chi connectivity index (χ1v) is 8.47. The van der Waals surface area contributed by atoms with Gasteiger partial charge in [-0.25, -0.2) is 14.6 Å². The number of thiazole rings is 1. The summed E-state index contributed by atoms with van der Waals surface area (Å²) < 4.78 is 5.78. The molecule has 0 atom stereocenters. The van der Waals surface area contributed by atoms with Gasteiger partial charge in [0, 0.05) is 5.69 Å². The number of ether oxygens (including phenoxy) is 1. The summed E-state index contributed by atoms with van der Waals surface area (Å²) in [6, 6.07) is 12.5. The van der Waals surface area contributed by atoms with Crippen LogP contribution >= 0.6 is 11.3 Å². The molecule has 1 heterocycles. The van der Waals surface area contributed by atoms with E-state index in [1.807, 2.05) is 31.2 Å². The van der Waals surface area contributed by atoms with Crippen molar-refractivity contribution in [3.63, 3.8) is 0 Å². The van der Waals surface area contributed by atoms with Crippen molar-refractivity contribution in [2.45, 2.75) is 13.5 Å². The largest absolute Gasteiger partial charge is 0.465 e. The molecule has 0 aliphatic carbocycles. The summed E-state index contributed by atoms with van der Waals surface area (Å²) in [5.41, 5.74) is 2.72. The number of fused-ring (bicyclic) bond motifs is 1. The van der Waals surface area contributed by atoms with Crippen molar-refractivity contribution >= 4 is 39.2 Å². The highest BCUT2D eigenvalue weighted by molar-refractivity contribution is 7.18. The zero-order valence-electron chi connectivity index (χ0n) is 13.8. The maximum Gasteiger partial charge on any atom is 0.337 e. The second-order valence-electron chi connectivity index (χ2n) is 5.40. The Kier molecular flexibility index (Phi) is 4.95. The van der Waals surface area contributed by atoms with Gasteiger partial charge in [-0.3, -0.25) is 0 Å². The minimum atomic E-state index is -0.446. The first-order valence-electron chi connectivity index (χ1n) is 7.65. The summed E-state index contributed by atoms with van der Waals surface area (Å²) in [5, 5.41) is 6.36. The fourth-order valence-electron chi connectivity index (χ4n) is 2.32. The number of aryl methyl sites for hydroxylation is 1. The van der Waals surface area contributed by atoms with Crippen molar-refractivity contribution in [3.05, 3.63) is 58.6 Å². The van der Waals surface area contributed by atoms with Crippen LogP contribution in [0.15, 0.2) is 42.5 Å². The maximum atomic E-state index is 12.1. The number of nitrogens with one attached hydrogen (secondary N) is 2. The van der Waals surface area contributed by atoms with E-state index < -0.39 is 5.97 Å². The van der Waals surface area contributed by atoms with Crippen molar-refractivity contribution in [1.29, 1.82) is 0 Å². The molecule has 0 aliphatic heterocycles. The van der Waals surface area contributed by atoms with Crippen LogP contribution in [0.25, 0.3) is 10.2 Å². The monoisotopic (exact) mass is 355 g/mol. The summed E-state index contributed by atoms with van der Waals surface area (Å²) >= 11 is 1.54. The molecule has 0 fully saturated rings. The minimum absolute atomic E-state index is 0.334. The number of carbonyl (C=O) groups excluding carboxylic acids is 2. The number of hydrogen-bond acceptors (Lipinski definition) is 5. The molecule has 128 valence electrons. The quantitative estimate of drug-likeness (QED) is 0.699. The summed E-state index contributed by atoms with van der Waals surface area (Å²) in [7, 11) is 1.32. The molecule has 6 nitrogen and oxygen atoms in total. The van der Waals surface area contributed by atoms with E-state index in [0.717, 1.165) is 20.8 Å². The van der Waals surface area contributed by atoms with Crippen molar-refractivity contribution in [2.24, 2.45) is 0 Å². The second-order valence-corrected chi connectivity index (χ2v) is 6.52. The predicted octanol–water partition coefficient (Wildman–Crippen LogP) is 3.71. The smallest absolute Gasteiger partial charge is 0.337 e. The average molecular weight is 355 g/mol. The number of esters is 1. The zero-order valence-corrected chi connectivity index (χ0v) is 14.6. The first kappa shape index (κ1) is 16.9. The molecule has 7 heteroatoms. The number of rotatable bonds is 4. The lowest BCUT2D eigenvalue weighted by Gasteiger charge is -2.10. The van der Waals surface area contributed by atoms with E-state index in [1.165, 1.54) is 7.11 Å². The van der Waals surface area contributed by atoms with E-state index in [2.05, 4.69) is 15.6 Å². The number of anilines is 1. The minimum Gasteiger partial charge on any atom is -0.465 e. The van der Waals surface area contributed by atoms with Crippen molar-refractivity contribution in [1.82, 2.24) is 10.3 Å².